The Morgan fingerprint density at radius 3 is 2.82 bits per heavy atom. The van der Waals surface area contributed by atoms with Crippen LogP contribution in [0.15, 0.2) is 12.3 Å². The number of nitrogens with zero attached hydrogens (tertiary/aromatic N) is 3. The zero-order valence-corrected chi connectivity index (χ0v) is 9.47. The first-order chi connectivity index (χ1) is 7.85. The Balaban J connectivity index is 3.08. The van der Waals surface area contributed by atoms with Gasteiger partial charge in [-0.1, -0.05) is 0 Å². The third-order valence-electron chi connectivity index (χ3n) is 1.92. The molecule has 0 saturated heterocycles. The van der Waals surface area contributed by atoms with Gasteiger partial charge in [0.2, 0.25) is 5.82 Å². The minimum absolute atomic E-state index is 0.0174. The van der Waals surface area contributed by atoms with Crippen LogP contribution in [0.2, 0.25) is 0 Å². The number of aliphatic hydroxyl groups is 1. The maximum absolute atomic E-state index is 10.8. The van der Waals surface area contributed by atoms with Crippen LogP contribution in [-0.2, 0) is 0 Å². The molecular weight excluding hydrogens is 224 g/mol. The van der Waals surface area contributed by atoms with Gasteiger partial charge in [-0.05, 0) is 19.9 Å². The van der Waals surface area contributed by atoms with Gasteiger partial charge in [-0.25, -0.2) is 4.98 Å². The van der Waals surface area contributed by atoms with Crippen LogP contribution in [0.1, 0.15) is 19.4 Å². The molecule has 0 unspecified atom stereocenters. The SMILES string of the molecule is CC(C)(O)CNc1nccc(C#N)c1[N+](=O)[O-]. The van der Waals surface area contributed by atoms with E-state index in [0.717, 1.165) is 0 Å². The zero-order chi connectivity index (χ0) is 13.1. The minimum Gasteiger partial charge on any atom is -0.389 e. The predicted molar refractivity (Wildman–Crippen MR) is 60.4 cm³/mol. The van der Waals surface area contributed by atoms with Crippen LogP contribution < -0.4 is 5.32 Å². The summed E-state index contributed by atoms with van der Waals surface area (Å²) in [5.41, 5.74) is -1.47. The lowest BCUT2D eigenvalue weighted by atomic mass is 10.1. The normalized spacial score (nSPS) is 10.7. The topological polar surface area (TPSA) is 112 Å². The van der Waals surface area contributed by atoms with Crippen molar-refractivity contribution in [1.29, 1.82) is 5.26 Å². The van der Waals surface area contributed by atoms with Gasteiger partial charge in [-0.3, -0.25) is 10.1 Å². The molecule has 90 valence electrons. The van der Waals surface area contributed by atoms with Crippen molar-refractivity contribution in [2.75, 3.05) is 11.9 Å². The van der Waals surface area contributed by atoms with Crippen LogP contribution in [0.5, 0.6) is 0 Å². The second-order valence-electron chi connectivity index (χ2n) is 4.09. The fraction of sp³-hybridized carbons (Fsp3) is 0.400. The highest BCUT2D eigenvalue weighted by molar-refractivity contribution is 5.64. The standard InChI is InChI=1S/C10H12N4O3/c1-10(2,15)6-13-9-8(14(16)17)7(5-11)3-4-12-9/h3-4,15H,6H2,1-2H3,(H,12,13). The van der Waals surface area contributed by atoms with E-state index in [1.54, 1.807) is 19.9 Å². The van der Waals surface area contributed by atoms with E-state index < -0.39 is 10.5 Å². The summed E-state index contributed by atoms with van der Waals surface area (Å²) < 4.78 is 0. The molecule has 2 N–H and O–H groups in total. The number of pyridine rings is 1. The van der Waals surface area contributed by atoms with Crippen molar-refractivity contribution in [2.24, 2.45) is 0 Å². The number of anilines is 1. The van der Waals surface area contributed by atoms with Gasteiger partial charge in [0, 0.05) is 12.7 Å². The van der Waals surface area contributed by atoms with Gasteiger partial charge >= 0.3 is 5.69 Å². The molecule has 1 aromatic heterocycles. The second-order valence-corrected chi connectivity index (χ2v) is 4.09. The number of rotatable bonds is 4. The molecule has 0 aromatic carbocycles. The number of hydrogen-bond donors (Lipinski definition) is 2. The summed E-state index contributed by atoms with van der Waals surface area (Å²) >= 11 is 0. The Morgan fingerprint density at radius 2 is 2.35 bits per heavy atom. The second kappa shape index (κ2) is 4.76. The lowest BCUT2D eigenvalue weighted by molar-refractivity contribution is -0.384. The van der Waals surface area contributed by atoms with E-state index in [1.165, 1.54) is 12.3 Å². The molecule has 0 aliphatic carbocycles. The fourth-order valence-corrected chi connectivity index (χ4v) is 1.16. The van der Waals surface area contributed by atoms with Crippen LogP contribution in [0, 0.1) is 21.4 Å². The largest absolute Gasteiger partial charge is 0.389 e. The van der Waals surface area contributed by atoms with E-state index in [2.05, 4.69) is 10.3 Å². The minimum atomic E-state index is -1.03. The number of aromatic nitrogens is 1. The third-order valence-corrected chi connectivity index (χ3v) is 1.92. The lowest BCUT2D eigenvalue weighted by Gasteiger charge is -2.17. The molecule has 0 aliphatic heterocycles. The number of nitro groups is 1. The van der Waals surface area contributed by atoms with E-state index in [9.17, 15) is 15.2 Å². The molecule has 0 aliphatic rings. The summed E-state index contributed by atoms with van der Waals surface area (Å²) in [6.45, 7) is 3.20. The average Bonchev–Trinajstić information content (AvgIpc) is 2.24. The first kappa shape index (κ1) is 12.9. The third kappa shape index (κ3) is 3.39. The molecule has 1 heterocycles. The van der Waals surface area contributed by atoms with Gasteiger partial charge < -0.3 is 10.4 Å². The predicted octanol–water partition coefficient (Wildman–Crippen LogP) is 1.04. The highest BCUT2D eigenvalue weighted by Gasteiger charge is 2.22. The van der Waals surface area contributed by atoms with Gasteiger partial charge in [0.05, 0.1) is 10.5 Å². The highest BCUT2D eigenvalue weighted by atomic mass is 16.6. The van der Waals surface area contributed by atoms with E-state index in [1.807, 2.05) is 0 Å². The molecular formula is C10H12N4O3. The summed E-state index contributed by atoms with van der Waals surface area (Å²) in [6, 6.07) is 3.00. The molecule has 0 saturated carbocycles. The van der Waals surface area contributed by atoms with Gasteiger partial charge in [0.25, 0.3) is 0 Å². The van der Waals surface area contributed by atoms with E-state index >= 15 is 0 Å². The van der Waals surface area contributed by atoms with Crippen molar-refractivity contribution in [2.45, 2.75) is 19.4 Å². The number of nitriles is 1. The Kier molecular flexibility index (Phi) is 3.60. The Morgan fingerprint density at radius 1 is 1.71 bits per heavy atom. The number of nitrogens with one attached hydrogen (secondary N) is 1. The molecule has 0 atom stereocenters. The lowest BCUT2D eigenvalue weighted by Crippen LogP contribution is -2.29. The van der Waals surface area contributed by atoms with Crippen molar-refractivity contribution in [3.05, 3.63) is 27.9 Å². The van der Waals surface area contributed by atoms with Crippen LogP contribution in [0.4, 0.5) is 11.5 Å². The fourth-order valence-electron chi connectivity index (χ4n) is 1.16. The molecule has 1 aromatic rings. The quantitative estimate of drug-likeness (QED) is 0.596. The van der Waals surface area contributed by atoms with Crippen molar-refractivity contribution in [3.8, 4) is 6.07 Å². The van der Waals surface area contributed by atoms with Crippen LogP contribution in [0.3, 0.4) is 0 Å². The molecule has 0 amide bonds. The molecule has 0 fully saturated rings. The average molecular weight is 236 g/mol. The molecule has 0 bridgehead atoms. The van der Waals surface area contributed by atoms with Crippen LogP contribution >= 0.6 is 0 Å². The molecule has 0 radical (unpaired) electrons. The Labute approximate surface area is 97.9 Å². The summed E-state index contributed by atoms with van der Waals surface area (Å²) in [4.78, 5) is 14.0. The van der Waals surface area contributed by atoms with Gasteiger partial charge in [-0.2, -0.15) is 5.26 Å². The van der Waals surface area contributed by atoms with Crippen molar-refractivity contribution in [1.82, 2.24) is 4.98 Å². The van der Waals surface area contributed by atoms with Crippen molar-refractivity contribution < 1.29 is 10.0 Å². The van der Waals surface area contributed by atoms with E-state index in [4.69, 9.17) is 5.26 Å². The van der Waals surface area contributed by atoms with Crippen LogP contribution in [0.25, 0.3) is 0 Å². The highest BCUT2D eigenvalue weighted by Crippen LogP contribution is 2.25. The first-order valence-corrected chi connectivity index (χ1v) is 4.85. The Bertz CT molecular complexity index is 473. The molecule has 0 spiro atoms. The Hall–Kier alpha value is -2.20. The molecule has 7 heteroatoms. The molecule has 17 heavy (non-hydrogen) atoms. The zero-order valence-electron chi connectivity index (χ0n) is 9.47. The van der Waals surface area contributed by atoms with Crippen molar-refractivity contribution in [3.63, 3.8) is 0 Å². The summed E-state index contributed by atoms with van der Waals surface area (Å²) in [6.07, 6.45) is 1.30. The van der Waals surface area contributed by atoms with E-state index in [-0.39, 0.29) is 23.6 Å². The van der Waals surface area contributed by atoms with Crippen LogP contribution in [-0.4, -0.2) is 27.2 Å². The summed E-state index contributed by atoms with van der Waals surface area (Å²) in [5, 5.41) is 31.8. The van der Waals surface area contributed by atoms with Gasteiger partial charge in [0.1, 0.15) is 11.6 Å². The maximum atomic E-state index is 10.8. The summed E-state index contributed by atoms with van der Waals surface area (Å²) in [5.74, 6) is -0.0174. The molecule has 7 nitrogen and oxygen atoms in total. The number of hydrogen-bond acceptors (Lipinski definition) is 6. The first-order valence-electron chi connectivity index (χ1n) is 4.85. The van der Waals surface area contributed by atoms with Gasteiger partial charge in [0.15, 0.2) is 0 Å². The van der Waals surface area contributed by atoms with Gasteiger partial charge in [-0.15, -0.1) is 0 Å². The summed E-state index contributed by atoms with van der Waals surface area (Å²) in [7, 11) is 0. The van der Waals surface area contributed by atoms with Crippen molar-refractivity contribution >= 4 is 11.5 Å². The van der Waals surface area contributed by atoms with E-state index in [0.29, 0.717) is 0 Å². The smallest absolute Gasteiger partial charge is 0.328 e. The monoisotopic (exact) mass is 236 g/mol. The maximum Gasteiger partial charge on any atom is 0.328 e. The molecule has 1 rings (SSSR count).